The minimum absolute atomic E-state index is 0.0586. The number of benzene rings is 2. The van der Waals surface area contributed by atoms with Crippen molar-refractivity contribution < 1.29 is 4.79 Å². The highest BCUT2D eigenvalue weighted by Crippen LogP contribution is 2.24. The van der Waals surface area contributed by atoms with E-state index in [1.165, 1.54) is 11.3 Å². The molecule has 2 heterocycles. The van der Waals surface area contributed by atoms with E-state index in [0.29, 0.717) is 5.75 Å². The summed E-state index contributed by atoms with van der Waals surface area (Å²) in [6, 6.07) is 17.7. The van der Waals surface area contributed by atoms with Crippen LogP contribution >= 0.6 is 23.1 Å². The number of para-hydroxylation sites is 2. The lowest BCUT2D eigenvalue weighted by Crippen LogP contribution is -2.15. The highest BCUT2D eigenvalue weighted by Gasteiger charge is 2.12. The van der Waals surface area contributed by atoms with Gasteiger partial charge in [0, 0.05) is 22.5 Å². The maximum Gasteiger partial charge on any atom is 0.231 e. The molecule has 2 aromatic heterocycles. The number of thiazole rings is 1. The maximum absolute atomic E-state index is 12.3. The average Bonchev–Trinajstić information content (AvgIpc) is 3.38. The van der Waals surface area contributed by atoms with E-state index in [9.17, 15) is 4.79 Å². The second-order valence-corrected chi connectivity index (χ2v) is 8.27. The van der Waals surface area contributed by atoms with Crippen LogP contribution in [-0.4, -0.2) is 25.7 Å². The molecule has 29 heavy (non-hydrogen) atoms. The van der Waals surface area contributed by atoms with Crippen molar-refractivity contribution >= 4 is 34.7 Å². The zero-order chi connectivity index (χ0) is 20.1. The Morgan fingerprint density at radius 3 is 2.76 bits per heavy atom. The SMILES string of the molecule is Cc1ccccc1NC(=O)Cc1nc(CSc2nncn2-c2ccccc2)cs1. The van der Waals surface area contributed by atoms with Crippen molar-refractivity contribution in [2.75, 3.05) is 5.32 Å². The van der Waals surface area contributed by atoms with Crippen molar-refractivity contribution in [3.05, 3.63) is 82.6 Å². The smallest absolute Gasteiger partial charge is 0.231 e. The van der Waals surface area contributed by atoms with Crippen LogP contribution in [0.2, 0.25) is 0 Å². The van der Waals surface area contributed by atoms with Gasteiger partial charge in [-0.3, -0.25) is 9.36 Å². The van der Waals surface area contributed by atoms with E-state index in [1.54, 1.807) is 18.1 Å². The van der Waals surface area contributed by atoms with Gasteiger partial charge in [-0.15, -0.1) is 21.5 Å². The third-order valence-corrected chi connectivity index (χ3v) is 6.10. The number of nitrogens with zero attached hydrogens (tertiary/aromatic N) is 4. The first-order valence-electron chi connectivity index (χ1n) is 9.06. The quantitative estimate of drug-likeness (QED) is 0.445. The predicted molar refractivity (Wildman–Crippen MR) is 117 cm³/mol. The summed E-state index contributed by atoms with van der Waals surface area (Å²) in [4.78, 5) is 16.9. The first kappa shape index (κ1) is 19.4. The normalized spacial score (nSPS) is 10.8. The van der Waals surface area contributed by atoms with Gasteiger partial charge < -0.3 is 5.32 Å². The highest BCUT2D eigenvalue weighted by molar-refractivity contribution is 7.98. The molecule has 6 nitrogen and oxygen atoms in total. The summed E-state index contributed by atoms with van der Waals surface area (Å²) in [5, 5.41) is 14.8. The molecule has 0 bridgehead atoms. The molecule has 0 saturated heterocycles. The largest absolute Gasteiger partial charge is 0.325 e. The summed E-state index contributed by atoms with van der Waals surface area (Å²) in [5.41, 5.74) is 3.83. The Balaban J connectivity index is 1.35. The van der Waals surface area contributed by atoms with E-state index < -0.39 is 0 Å². The Morgan fingerprint density at radius 2 is 1.93 bits per heavy atom. The first-order valence-corrected chi connectivity index (χ1v) is 10.9. The zero-order valence-electron chi connectivity index (χ0n) is 15.8. The van der Waals surface area contributed by atoms with Gasteiger partial charge in [0.25, 0.3) is 0 Å². The van der Waals surface area contributed by atoms with Crippen LogP contribution in [0.5, 0.6) is 0 Å². The predicted octanol–water partition coefficient (Wildman–Crippen LogP) is 4.51. The van der Waals surface area contributed by atoms with Gasteiger partial charge in [0.2, 0.25) is 5.91 Å². The Morgan fingerprint density at radius 1 is 1.14 bits per heavy atom. The van der Waals surface area contributed by atoms with Crippen LogP contribution in [0.25, 0.3) is 5.69 Å². The van der Waals surface area contributed by atoms with E-state index in [4.69, 9.17) is 0 Å². The fraction of sp³-hybridized carbons (Fsp3) is 0.143. The minimum atomic E-state index is -0.0586. The van der Waals surface area contributed by atoms with Crippen molar-refractivity contribution in [2.45, 2.75) is 24.3 Å². The summed E-state index contributed by atoms with van der Waals surface area (Å²) in [6.45, 7) is 1.97. The molecular weight excluding hydrogens is 402 g/mol. The highest BCUT2D eigenvalue weighted by atomic mass is 32.2. The molecule has 146 valence electrons. The number of anilines is 1. The van der Waals surface area contributed by atoms with Crippen LogP contribution in [0.1, 0.15) is 16.3 Å². The van der Waals surface area contributed by atoms with E-state index in [0.717, 1.165) is 32.8 Å². The summed E-state index contributed by atoms with van der Waals surface area (Å²) in [6.07, 6.45) is 1.98. The fourth-order valence-corrected chi connectivity index (χ4v) is 4.49. The molecule has 4 aromatic rings. The first-order chi connectivity index (χ1) is 14.2. The number of aromatic nitrogens is 4. The van der Waals surface area contributed by atoms with E-state index in [1.807, 2.05) is 71.5 Å². The monoisotopic (exact) mass is 421 g/mol. The van der Waals surface area contributed by atoms with E-state index in [2.05, 4.69) is 20.5 Å². The molecule has 0 fully saturated rings. The van der Waals surface area contributed by atoms with Gasteiger partial charge in [-0.25, -0.2) is 4.98 Å². The molecule has 0 saturated carbocycles. The molecular formula is C21H19N5OS2. The van der Waals surface area contributed by atoms with Gasteiger partial charge in [-0.2, -0.15) is 0 Å². The number of thioether (sulfide) groups is 1. The second-order valence-electron chi connectivity index (χ2n) is 6.38. The summed E-state index contributed by atoms with van der Waals surface area (Å²) in [5.74, 6) is 0.609. The topological polar surface area (TPSA) is 72.7 Å². The van der Waals surface area contributed by atoms with Crippen LogP contribution in [0.4, 0.5) is 5.69 Å². The van der Waals surface area contributed by atoms with E-state index in [-0.39, 0.29) is 12.3 Å². The van der Waals surface area contributed by atoms with Crippen LogP contribution in [0.3, 0.4) is 0 Å². The maximum atomic E-state index is 12.3. The molecule has 0 aliphatic carbocycles. The Kier molecular flexibility index (Phi) is 6.02. The third kappa shape index (κ3) is 4.90. The molecule has 0 spiro atoms. The molecule has 0 aliphatic rings. The number of hydrogen-bond acceptors (Lipinski definition) is 6. The molecule has 4 rings (SSSR count). The number of amides is 1. The van der Waals surface area contributed by atoms with Crippen molar-refractivity contribution in [3.8, 4) is 5.69 Å². The zero-order valence-corrected chi connectivity index (χ0v) is 17.4. The molecule has 1 N–H and O–H groups in total. The van der Waals surface area contributed by atoms with Crippen LogP contribution in [-0.2, 0) is 17.0 Å². The lowest BCUT2D eigenvalue weighted by molar-refractivity contribution is -0.115. The summed E-state index contributed by atoms with van der Waals surface area (Å²) >= 11 is 3.07. The summed E-state index contributed by atoms with van der Waals surface area (Å²) in [7, 11) is 0. The number of nitrogens with one attached hydrogen (secondary N) is 1. The van der Waals surface area contributed by atoms with Gasteiger partial charge in [0.1, 0.15) is 11.3 Å². The van der Waals surface area contributed by atoms with Crippen LogP contribution in [0.15, 0.2) is 71.5 Å². The summed E-state index contributed by atoms with van der Waals surface area (Å²) < 4.78 is 1.95. The van der Waals surface area contributed by atoms with Gasteiger partial charge >= 0.3 is 0 Å². The lowest BCUT2D eigenvalue weighted by Gasteiger charge is -2.06. The second kappa shape index (κ2) is 9.02. The van der Waals surface area contributed by atoms with Crippen molar-refractivity contribution in [1.82, 2.24) is 19.7 Å². The number of carbonyl (C=O) groups excluding carboxylic acids is 1. The Hall–Kier alpha value is -2.97. The van der Waals surface area contributed by atoms with Gasteiger partial charge in [-0.05, 0) is 30.7 Å². The molecule has 8 heteroatoms. The molecule has 0 atom stereocenters. The third-order valence-electron chi connectivity index (χ3n) is 4.23. The lowest BCUT2D eigenvalue weighted by atomic mass is 10.2. The van der Waals surface area contributed by atoms with Gasteiger partial charge in [0.05, 0.1) is 12.1 Å². The van der Waals surface area contributed by atoms with Gasteiger partial charge in [-0.1, -0.05) is 48.2 Å². The molecule has 0 aliphatic heterocycles. The molecule has 1 amide bonds. The van der Waals surface area contributed by atoms with Crippen molar-refractivity contribution in [2.24, 2.45) is 0 Å². The molecule has 0 unspecified atom stereocenters. The van der Waals surface area contributed by atoms with Crippen molar-refractivity contribution in [1.29, 1.82) is 0 Å². The van der Waals surface area contributed by atoms with Crippen LogP contribution in [0, 0.1) is 6.92 Å². The number of carbonyl (C=O) groups is 1. The Bertz CT molecular complexity index is 1110. The van der Waals surface area contributed by atoms with E-state index >= 15 is 0 Å². The van der Waals surface area contributed by atoms with Crippen LogP contribution < -0.4 is 5.32 Å². The molecule has 2 aromatic carbocycles. The number of hydrogen-bond donors (Lipinski definition) is 1. The Labute approximate surface area is 177 Å². The minimum Gasteiger partial charge on any atom is -0.325 e. The number of rotatable bonds is 7. The van der Waals surface area contributed by atoms with Gasteiger partial charge in [0.15, 0.2) is 5.16 Å². The average molecular weight is 422 g/mol. The molecule has 0 radical (unpaired) electrons. The van der Waals surface area contributed by atoms with Crippen molar-refractivity contribution in [3.63, 3.8) is 0 Å². The standard InChI is InChI=1S/C21H19N5OS2/c1-15-7-5-6-10-18(15)24-19(27)11-20-23-16(12-28-20)13-29-21-25-22-14-26(21)17-8-3-2-4-9-17/h2-10,12,14H,11,13H2,1H3,(H,24,27). The fourth-order valence-electron chi connectivity index (χ4n) is 2.77. The number of aryl methyl sites for hydroxylation is 1.